The number of ether oxygens (including phenoxy) is 1. The predicted octanol–water partition coefficient (Wildman–Crippen LogP) is 3.36. The van der Waals surface area contributed by atoms with Crippen LogP contribution in [-0.4, -0.2) is 14.3 Å². The van der Waals surface area contributed by atoms with E-state index in [1.807, 2.05) is 19.1 Å². The second-order valence-electron chi connectivity index (χ2n) is 6.97. The average Bonchev–Trinajstić information content (AvgIpc) is 2.75. The fourth-order valence-electron chi connectivity index (χ4n) is 2.97. The van der Waals surface area contributed by atoms with Crippen LogP contribution in [0.1, 0.15) is 22.3 Å². The van der Waals surface area contributed by atoms with Crippen LogP contribution in [0.2, 0.25) is 0 Å². The number of carbonyl (C=O) groups is 1. The van der Waals surface area contributed by atoms with Crippen molar-refractivity contribution in [2.24, 2.45) is 5.14 Å². The van der Waals surface area contributed by atoms with Crippen molar-refractivity contribution in [1.29, 1.82) is 10.5 Å². The molecule has 0 saturated carbocycles. The highest BCUT2D eigenvalue weighted by Crippen LogP contribution is 2.27. The second kappa shape index (κ2) is 9.31. The highest BCUT2D eigenvalue weighted by molar-refractivity contribution is 7.89. The number of hydrogen-bond acceptors (Lipinski definition) is 6. The van der Waals surface area contributed by atoms with Crippen molar-refractivity contribution in [1.82, 2.24) is 0 Å². The zero-order valence-corrected chi connectivity index (χ0v) is 17.8. The van der Waals surface area contributed by atoms with E-state index in [-0.39, 0.29) is 17.2 Å². The predicted molar refractivity (Wildman–Crippen MR) is 117 cm³/mol. The Morgan fingerprint density at radius 2 is 1.62 bits per heavy atom. The van der Waals surface area contributed by atoms with Crippen LogP contribution in [0, 0.1) is 29.6 Å². The lowest BCUT2D eigenvalue weighted by molar-refractivity contribution is -0.115. The molecule has 0 aliphatic rings. The summed E-state index contributed by atoms with van der Waals surface area (Å²) < 4.78 is 28.4. The van der Waals surface area contributed by atoms with E-state index in [1.54, 1.807) is 30.3 Å². The first-order valence-electron chi connectivity index (χ1n) is 9.33. The number of sulfonamides is 1. The fraction of sp³-hybridized carbons (Fsp3) is 0.0870. The van der Waals surface area contributed by atoms with Crippen LogP contribution in [0.5, 0.6) is 11.5 Å². The maximum Gasteiger partial charge on any atom is 0.238 e. The molecule has 9 heteroatoms. The summed E-state index contributed by atoms with van der Waals surface area (Å²) in [6.07, 6.45) is 0.0978. The van der Waals surface area contributed by atoms with Crippen LogP contribution in [-0.2, 0) is 21.2 Å². The Bertz CT molecular complexity index is 1340. The van der Waals surface area contributed by atoms with Gasteiger partial charge in [-0.25, -0.2) is 13.6 Å². The third kappa shape index (κ3) is 5.70. The molecule has 0 radical (unpaired) electrons. The van der Waals surface area contributed by atoms with Gasteiger partial charge in [-0.2, -0.15) is 10.5 Å². The summed E-state index contributed by atoms with van der Waals surface area (Å²) in [7, 11) is -3.79. The van der Waals surface area contributed by atoms with Crippen LogP contribution in [0.15, 0.2) is 65.6 Å². The lowest BCUT2D eigenvalue weighted by Crippen LogP contribution is -2.15. The number of nitrogens with zero attached hydrogens (tertiary/aromatic N) is 2. The summed E-state index contributed by atoms with van der Waals surface area (Å²) in [5, 5.41) is 25.9. The Kier molecular flexibility index (Phi) is 6.55. The van der Waals surface area contributed by atoms with Crippen LogP contribution in [0.25, 0.3) is 0 Å². The van der Waals surface area contributed by atoms with Gasteiger partial charge in [0.2, 0.25) is 15.9 Å². The van der Waals surface area contributed by atoms with Crippen LogP contribution in [0.3, 0.4) is 0 Å². The molecule has 0 aliphatic carbocycles. The van der Waals surface area contributed by atoms with Crippen molar-refractivity contribution in [3.63, 3.8) is 0 Å². The lowest BCUT2D eigenvalue weighted by atomic mass is 10.1. The van der Waals surface area contributed by atoms with Gasteiger partial charge in [0, 0.05) is 5.69 Å². The summed E-state index contributed by atoms with van der Waals surface area (Å²) in [6.45, 7) is 1.82. The molecule has 32 heavy (non-hydrogen) atoms. The SMILES string of the molecule is Cc1cc(CC(=O)Nc2ccc(S(N)(=O)=O)cc2)ccc1Oc1cc(C#N)cc(C#N)c1. The number of benzene rings is 3. The number of nitriles is 2. The molecule has 3 rings (SSSR count). The minimum Gasteiger partial charge on any atom is -0.457 e. The van der Waals surface area contributed by atoms with Crippen LogP contribution < -0.4 is 15.2 Å². The Morgan fingerprint density at radius 1 is 1.00 bits per heavy atom. The van der Waals surface area contributed by atoms with Gasteiger partial charge in [0.25, 0.3) is 0 Å². The lowest BCUT2D eigenvalue weighted by Gasteiger charge is -2.11. The number of rotatable bonds is 6. The monoisotopic (exact) mass is 446 g/mol. The van der Waals surface area contributed by atoms with E-state index in [1.165, 1.54) is 30.3 Å². The van der Waals surface area contributed by atoms with E-state index < -0.39 is 10.0 Å². The third-order valence-corrected chi connectivity index (χ3v) is 5.39. The molecule has 1 amide bonds. The average molecular weight is 446 g/mol. The Labute approximate surface area is 185 Å². The van der Waals surface area contributed by atoms with Crippen molar-refractivity contribution in [3.8, 4) is 23.6 Å². The molecule has 0 heterocycles. The second-order valence-corrected chi connectivity index (χ2v) is 8.53. The summed E-state index contributed by atoms with van der Waals surface area (Å²) >= 11 is 0. The minimum absolute atomic E-state index is 0.0380. The molecule has 0 aliphatic heterocycles. The molecule has 160 valence electrons. The van der Waals surface area contributed by atoms with E-state index in [2.05, 4.69) is 5.32 Å². The van der Waals surface area contributed by atoms with Gasteiger partial charge < -0.3 is 10.1 Å². The first kappa shape index (κ1) is 22.5. The molecule has 8 nitrogen and oxygen atoms in total. The zero-order valence-electron chi connectivity index (χ0n) is 17.0. The van der Waals surface area contributed by atoms with E-state index >= 15 is 0 Å². The van der Waals surface area contributed by atoms with Crippen molar-refractivity contribution in [2.75, 3.05) is 5.32 Å². The van der Waals surface area contributed by atoms with E-state index in [9.17, 15) is 13.2 Å². The van der Waals surface area contributed by atoms with Crippen LogP contribution in [0.4, 0.5) is 5.69 Å². The summed E-state index contributed by atoms with van der Waals surface area (Å²) in [5.74, 6) is 0.630. The van der Waals surface area contributed by atoms with Crippen LogP contribution >= 0.6 is 0 Å². The van der Waals surface area contributed by atoms with Crippen molar-refractivity contribution >= 4 is 21.6 Å². The standard InChI is InChI=1S/C23H18N4O4S/c1-15-8-16(12-23(28)27-19-3-5-21(6-4-19)32(26,29)30)2-7-22(15)31-20-10-17(13-24)9-18(11-20)14-25/h2-11H,12H2,1H3,(H,27,28)(H2,26,29,30). The molecule has 3 aromatic rings. The molecule has 0 saturated heterocycles. The number of aryl methyl sites for hydroxylation is 1. The minimum atomic E-state index is -3.79. The van der Waals surface area contributed by atoms with Gasteiger partial charge in [0.15, 0.2) is 0 Å². The Morgan fingerprint density at radius 3 is 2.16 bits per heavy atom. The maximum atomic E-state index is 12.3. The molecular weight excluding hydrogens is 428 g/mol. The van der Waals surface area contributed by atoms with Crippen molar-refractivity contribution in [2.45, 2.75) is 18.2 Å². The number of primary sulfonamides is 1. The number of amides is 1. The normalized spacial score (nSPS) is 10.6. The van der Waals surface area contributed by atoms with Gasteiger partial charge in [-0.3, -0.25) is 4.79 Å². The van der Waals surface area contributed by atoms with Gasteiger partial charge in [-0.15, -0.1) is 0 Å². The first-order chi connectivity index (χ1) is 15.2. The van der Waals surface area contributed by atoms with E-state index in [4.69, 9.17) is 20.4 Å². The van der Waals surface area contributed by atoms with Gasteiger partial charge in [-0.05, 0) is 66.6 Å². The van der Waals surface area contributed by atoms with E-state index in [0.717, 1.165) is 11.1 Å². The molecule has 0 fully saturated rings. The molecule has 0 aromatic heterocycles. The molecular formula is C23H18N4O4S. The number of hydrogen-bond donors (Lipinski definition) is 2. The molecule has 0 atom stereocenters. The smallest absolute Gasteiger partial charge is 0.238 e. The largest absolute Gasteiger partial charge is 0.457 e. The molecule has 0 bridgehead atoms. The third-order valence-electron chi connectivity index (χ3n) is 4.46. The van der Waals surface area contributed by atoms with Gasteiger partial charge in [0.05, 0.1) is 34.6 Å². The highest BCUT2D eigenvalue weighted by atomic mass is 32.2. The fourth-order valence-corrected chi connectivity index (χ4v) is 3.48. The van der Waals surface area contributed by atoms with Gasteiger partial charge in [-0.1, -0.05) is 12.1 Å². The van der Waals surface area contributed by atoms with Crippen molar-refractivity contribution in [3.05, 3.63) is 82.9 Å². The number of nitrogens with two attached hydrogens (primary N) is 1. The van der Waals surface area contributed by atoms with Gasteiger partial charge >= 0.3 is 0 Å². The molecule has 0 spiro atoms. The maximum absolute atomic E-state index is 12.3. The molecule has 0 unspecified atom stereocenters. The van der Waals surface area contributed by atoms with E-state index in [0.29, 0.717) is 28.3 Å². The van der Waals surface area contributed by atoms with Gasteiger partial charge in [0.1, 0.15) is 11.5 Å². The highest BCUT2D eigenvalue weighted by Gasteiger charge is 2.11. The Balaban J connectivity index is 1.68. The number of nitrogens with one attached hydrogen (secondary N) is 1. The molecule has 3 N–H and O–H groups in total. The van der Waals surface area contributed by atoms with Crippen molar-refractivity contribution < 1.29 is 17.9 Å². The summed E-state index contributed by atoms with van der Waals surface area (Å²) in [5.41, 5.74) is 2.61. The zero-order chi connectivity index (χ0) is 23.3. The first-order valence-corrected chi connectivity index (χ1v) is 10.9. The summed E-state index contributed by atoms with van der Waals surface area (Å²) in [4.78, 5) is 12.3. The summed E-state index contributed by atoms with van der Waals surface area (Å²) in [6, 6.07) is 19.4. The quantitative estimate of drug-likeness (QED) is 0.593. The Hall–Kier alpha value is -4.18. The number of anilines is 1. The topological polar surface area (TPSA) is 146 Å². The number of carbonyl (C=O) groups excluding carboxylic acids is 1. The molecule has 3 aromatic carbocycles.